The number of carbonyl (C=O) groups is 3. The van der Waals surface area contributed by atoms with Gasteiger partial charge in [-0.25, -0.2) is 4.79 Å². The maximum Gasteiger partial charge on any atom is 0.336 e. The number of hydrazine groups is 1. The van der Waals surface area contributed by atoms with E-state index in [-0.39, 0.29) is 23.1 Å². The van der Waals surface area contributed by atoms with E-state index in [1.807, 2.05) is 0 Å². The summed E-state index contributed by atoms with van der Waals surface area (Å²) < 4.78 is 0. The van der Waals surface area contributed by atoms with E-state index in [1.54, 1.807) is 0 Å². The van der Waals surface area contributed by atoms with Gasteiger partial charge in [0.25, 0.3) is 0 Å². The second-order valence-electron chi connectivity index (χ2n) is 2.48. The van der Waals surface area contributed by atoms with E-state index in [9.17, 15) is 14.4 Å². The second kappa shape index (κ2) is 9.29. The van der Waals surface area contributed by atoms with Crippen molar-refractivity contribution in [2.45, 2.75) is 18.4 Å². The Labute approximate surface area is 106 Å². The van der Waals surface area contributed by atoms with Crippen LogP contribution < -0.4 is 11.7 Å². The Morgan fingerprint density at radius 1 is 0.938 bits per heavy atom. The average Bonchev–Trinajstić information content (AvgIpc) is 2.04. The van der Waals surface area contributed by atoms with Crippen molar-refractivity contribution in [2.24, 2.45) is 11.7 Å². The lowest BCUT2D eigenvalue weighted by molar-refractivity contribution is -0.170. The number of hydrogen-bond acceptors (Lipinski definition) is 6. The minimum Gasteiger partial charge on any atom is -0.481 e. The van der Waals surface area contributed by atoms with Crippen LogP contribution >= 0.6 is 0 Å². The molecule has 0 atom stereocenters. The first-order valence-electron chi connectivity index (χ1n) is 3.50. The maximum absolute atomic E-state index is 10.3. The first kappa shape index (κ1) is 20.5. The smallest absolute Gasteiger partial charge is 0.336 e. The van der Waals surface area contributed by atoms with Gasteiger partial charge in [0, 0.05) is 0 Å². The highest BCUT2D eigenvalue weighted by Gasteiger charge is 2.40. The normalized spacial score (nSPS) is 9.19. The molecule has 0 saturated heterocycles. The van der Waals surface area contributed by atoms with Crippen molar-refractivity contribution in [1.29, 1.82) is 0 Å². The van der Waals surface area contributed by atoms with E-state index in [2.05, 4.69) is 11.7 Å². The highest BCUT2D eigenvalue weighted by Crippen LogP contribution is 2.15. The number of rotatable bonds is 5. The molecule has 10 heteroatoms. The molecule has 0 aromatic carbocycles. The number of carboxylic acids is 3. The minimum absolute atomic E-state index is 0. The lowest BCUT2D eigenvalue weighted by Crippen LogP contribution is -2.42. The van der Waals surface area contributed by atoms with E-state index in [0.29, 0.717) is 0 Å². The Morgan fingerprint density at radius 2 is 1.19 bits per heavy atom. The van der Waals surface area contributed by atoms with Gasteiger partial charge in [-0.1, -0.05) is 0 Å². The zero-order valence-electron chi connectivity index (χ0n) is 7.58. The van der Waals surface area contributed by atoms with Gasteiger partial charge >= 0.3 is 41.0 Å². The molecule has 0 aliphatic rings. The fourth-order valence-corrected chi connectivity index (χ4v) is 0.714. The molecule has 9 nitrogen and oxygen atoms in total. The fourth-order valence-electron chi connectivity index (χ4n) is 0.714. The van der Waals surface area contributed by atoms with Crippen LogP contribution in [0.1, 0.15) is 12.8 Å². The molecule has 0 heterocycles. The summed E-state index contributed by atoms with van der Waals surface area (Å²) in [6.07, 6.45) is -2.29. The van der Waals surface area contributed by atoms with Crippen LogP contribution in [0.5, 0.6) is 0 Å². The zero-order chi connectivity index (χ0) is 12.6. The van der Waals surface area contributed by atoms with Gasteiger partial charge in [-0.05, 0) is 0 Å². The standard InChI is InChI=1S/C6H8O7.Mg.H4N2.2H/c7-3(8)1-6(13,5(11)12)2-4(9)10;;1-2;;/h13H,1-2H2,(H,7,8)(H,9,10)(H,11,12);;1-2H2;;. The van der Waals surface area contributed by atoms with Crippen molar-refractivity contribution < 1.29 is 34.8 Å². The van der Waals surface area contributed by atoms with Gasteiger partial charge in [0.15, 0.2) is 5.60 Å². The van der Waals surface area contributed by atoms with E-state index in [4.69, 9.17) is 20.4 Å². The molecule has 8 N–H and O–H groups in total. The Hall–Kier alpha value is -0.944. The first-order chi connectivity index (χ1) is 6.78. The lowest BCUT2D eigenvalue weighted by atomic mass is 9.96. The number of hydrogen-bond donors (Lipinski definition) is 6. The highest BCUT2D eigenvalue weighted by atomic mass is 24.3. The van der Waals surface area contributed by atoms with Gasteiger partial charge in [0.05, 0.1) is 12.8 Å². The van der Waals surface area contributed by atoms with Crippen molar-refractivity contribution in [3.8, 4) is 0 Å². The van der Waals surface area contributed by atoms with Crippen LogP contribution in [0.4, 0.5) is 0 Å². The van der Waals surface area contributed by atoms with Crippen LogP contribution in [0.25, 0.3) is 0 Å². The monoisotopic (exact) mass is 250 g/mol. The Kier molecular flexibility index (Phi) is 11.9. The van der Waals surface area contributed by atoms with Crippen molar-refractivity contribution in [1.82, 2.24) is 0 Å². The largest absolute Gasteiger partial charge is 0.481 e. The fraction of sp³-hybridized carbons (Fsp3) is 0.500. The molecule has 0 aliphatic carbocycles. The van der Waals surface area contributed by atoms with Crippen LogP contribution in [0.2, 0.25) is 0 Å². The summed E-state index contributed by atoms with van der Waals surface area (Å²) in [5.74, 6) is 2.98. The molecule has 0 unspecified atom stereocenters. The van der Waals surface area contributed by atoms with Gasteiger partial charge in [-0.15, -0.1) is 0 Å². The van der Waals surface area contributed by atoms with Gasteiger partial charge in [-0.3, -0.25) is 21.3 Å². The van der Waals surface area contributed by atoms with Crippen molar-refractivity contribution in [2.75, 3.05) is 0 Å². The van der Waals surface area contributed by atoms with Gasteiger partial charge in [-0.2, -0.15) is 0 Å². The van der Waals surface area contributed by atoms with Crippen molar-refractivity contribution >= 4 is 41.0 Å². The summed E-state index contributed by atoms with van der Waals surface area (Å²) in [5, 5.41) is 33.8. The van der Waals surface area contributed by atoms with Crippen molar-refractivity contribution in [3.05, 3.63) is 0 Å². The summed E-state index contributed by atoms with van der Waals surface area (Å²) in [5.41, 5.74) is -2.74. The molecular formula is C6H14MgN2O7. The van der Waals surface area contributed by atoms with E-state index in [1.165, 1.54) is 0 Å². The molecule has 0 fully saturated rings. The van der Waals surface area contributed by atoms with Crippen LogP contribution in [-0.4, -0.2) is 67.0 Å². The Morgan fingerprint density at radius 3 is 1.31 bits per heavy atom. The zero-order valence-corrected chi connectivity index (χ0v) is 7.58. The molecule has 0 saturated carbocycles. The summed E-state index contributed by atoms with van der Waals surface area (Å²) >= 11 is 0. The van der Waals surface area contributed by atoms with Crippen LogP contribution in [0, 0.1) is 0 Å². The third kappa shape index (κ3) is 8.37. The molecule has 0 spiro atoms. The molecule has 16 heavy (non-hydrogen) atoms. The number of carboxylic acid groups (broad SMARTS) is 3. The predicted molar refractivity (Wildman–Crippen MR) is 54.0 cm³/mol. The molecule has 92 valence electrons. The molecular weight excluding hydrogens is 236 g/mol. The second-order valence-corrected chi connectivity index (χ2v) is 2.48. The molecule has 0 aliphatic heterocycles. The van der Waals surface area contributed by atoms with Crippen LogP contribution in [-0.2, 0) is 14.4 Å². The lowest BCUT2D eigenvalue weighted by Gasteiger charge is -2.18. The van der Waals surface area contributed by atoms with E-state index >= 15 is 0 Å². The highest BCUT2D eigenvalue weighted by molar-refractivity contribution is 5.88. The molecule has 0 aromatic heterocycles. The Bertz CT molecular complexity index is 241. The molecule has 0 bridgehead atoms. The third-order valence-electron chi connectivity index (χ3n) is 1.29. The van der Waals surface area contributed by atoms with Gasteiger partial charge in [0.2, 0.25) is 0 Å². The van der Waals surface area contributed by atoms with Crippen molar-refractivity contribution in [3.63, 3.8) is 0 Å². The molecule has 0 amide bonds. The Balaban J connectivity index is -0.000000529. The first-order valence-corrected chi connectivity index (χ1v) is 3.50. The summed E-state index contributed by atoms with van der Waals surface area (Å²) in [7, 11) is 0. The topological polar surface area (TPSA) is 184 Å². The quantitative estimate of drug-likeness (QED) is 0.165. The maximum atomic E-state index is 10.3. The minimum atomic E-state index is -2.74. The molecule has 0 aromatic rings. The predicted octanol–water partition coefficient (Wildman–Crippen LogP) is -3.35. The van der Waals surface area contributed by atoms with Crippen LogP contribution in [0.15, 0.2) is 0 Å². The third-order valence-corrected chi connectivity index (χ3v) is 1.29. The molecule has 0 rings (SSSR count). The van der Waals surface area contributed by atoms with Crippen LogP contribution in [0.3, 0.4) is 0 Å². The number of aliphatic carboxylic acids is 3. The molecule has 0 radical (unpaired) electrons. The van der Waals surface area contributed by atoms with E-state index in [0.717, 1.165) is 0 Å². The summed E-state index contributed by atoms with van der Waals surface area (Å²) in [6.45, 7) is 0. The summed E-state index contributed by atoms with van der Waals surface area (Å²) in [4.78, 5) is 30.5. The average molecular weight is 250 g/mol. The van der Waals surface area contributed by atoms with E-state index < -0.39 is 36.4 Å². The van der Waals surface area contributed by atoms with Gasteiger partial charge in [0.1, 0.15) is 0 Å². The summed E-state index contributed by atoms with van der Waals surface area (Å²) in [6, 6.07) is 0. The van der Waals surface area contributed by atoms with Gasteiger partial charge < -0.3 is 20.4 Å². The SMILES string of the molecule is NN.O=C(O)CC(O)(CC(=O)O)C(=O)O.[MgH2]. The number of nitrogens with two attached hydrogens (primary N) is 2. The number of aliphatic hydroxyl groups is 1.